The van der Waals surface area contributed by atoms with E-state index in [1.165, 1.54) is 0 Å². The van der Waals surface area contributed by atoms with E-state index in [0.717, 1.165) is 38.5 Å². The zero-order chi connectivity index (χ0) is 32.8. The molecule has 0 heterocycles. The molecule has 0 aromatic heterocycles. The van der Waals surface area contributed by atoms with Crippen molar-refractivity contribution < 1.29 is 35.8 Å². The van der Waals surface area contributed by atoms with Crippen LogP contribution in [0, 0.1) is 0 Å². The molecular formula is C36H42O8S2. The number of ether oxygens (including phenoxy) is 4. The first-order valence-electron chi connectivity index (χ1n) is 15.7. The van der Waals surface area contributed by atoms with Gasteiger partial charge in [-0.05, 0) is 123 Å². The lowest BCUT2D eigenvalue weighted by Gasteiger charge is -2.10. The molecule has 8 nitrogen and oxygen atoms in total. The van der Waals surface area contributed by atoms with Crippen LogP contribution < -0.4 is 18.9 Å². The molecule has 0 aliphatic rings. The maximum atomic E-state index is 13.0. The van der Waals surface area contributed by atoms with Crippen LogP contribution in [0.25, 0.3) is 0 Å². The van der Waals surface area contributed by atoms with Crippen LogP contribution in [-0.4, -0.2) is 43.3 Å². The molecule has 0 saturated carbocycles. The summed E-state index contributed by atoms with van der Waals surface area (Å²) in [7, 11) is -7.31. The Morgan fingerprint density at radius 2 is 0.587 bits per heavy atom. The van der Waals surface area contributed by atoms with Gasteiger partial charge >= 0.3 is 0 Å². The van der Waals surface area contributed by atoms with Gasteiger partial charge < -0.3 is 18.9 Å². The predicted molar refractivity (Wildman–Crippen MR) is 178 cm³/mol. The van der Waals surface area contributed by atoms with Gasteiger partial charge in [-0.15, -0.1) is 0 Å². The Bertz CT molecular complexity index is 1570. The standard InChI is InChI=1S/C36H42O8S2/c1-3-5-25-41-29-9-17-33(18-10-29)45(37,38)35-21-13-31(14-22-35)43-27-7-8-28-44-32-15-23-36(24-16-32)46(39,40)34-19-11-30(12-20-34)42-26-6-4-2/h9-24H,3-8,25-28H2,1-2H3. The van der Waals surface area contributed by atoms with E-state index >= 15 is 0 Å². The summed E-state index contributed by atoms with van der Waals surface area (Å²) in [6.07, 6.45) is 5.38. The van der Waals surface area contributed by atoms with Crippen molar-refractivity contribution in [3.8, 4) is 23.0 Å². The zero-order valence-corrected chi connectivity index (χ0v) is 28.0. The van der Waals surface area contributed by atoms with Crippen LogP contribution in [0.1, 0.15) is 52.4 Å². The molecule has 0 N–H and O–H groups in total. The lowest BCUT2D eigenvalue weighted by atomic mass is 10.3. The maximum Gasteiger partial charge on any atom is 0.206 e. The summed E-state index contributed by atoms with van der Waals surface area (Å²) in [5.41, 5.74) is 0. The minimum Gasteiger partial charge on any atom is -0.494 e. The van der Waals surface area contributed by atoms with E-state index in [4.69, 9.17) is 18.9 Å². The summed E-state index contributed by atoms with van der Waals surface area (Å²) in [5, 5.41) is 0. The summed E-state index contributed by atoms with van der Waals surface area (Å²) in [6, 6.07) is 25.7. The molecule has 0 spiro atoms. The number of hydrogen-bond donors (Lipinski definition) is 0. The number of benzene rings is 4. The molecule has 4 aromatic rings. The summed E-state index contributed by atoms with van der Waals surface area (Å²) in [5.74, 6) is 2.46. The molecule has 0 aliphatic carbocycles. The fourth-order valence-corrected chi connectivity index (χ4v) is 6.91. The summed E-state index contributed by atoms with van der Waals surface area (Å²) in [6.45, 7) is 6.25. The van der Waals surface area contributed by atoms with E-state index in [2.05, 4.69) is 13.8 Å². The first-order valence-corrected chi connectivity index (χ1v) is 18.6. The maximum absolute atomic E-state index is 13.0. The minimum atomic E-state index is -3.65. The van der Waals surface area contributed by atoms with E-state index in [-0.39, 0.29) is 19.6 Å². The van der Waals surface area contributed by atoms with Crippen molar-refractivity contribution in [1.82, 2.24) is 0 Å². The van der Waals surface area contributed by atoms with E-state index < -0.39 is 19.7 Å². The third-order valence-corrected chi connectivity index (χ3v) is 10.7. The summed E-state index contributed by atoms with van der Waals surface area (Å²) >= 11 is 0. The Labute approximate surface area is 273 Å². The summed E-state index contributed by atoms with van der Waals surface area (Å²) in [4.78, 5) is 0.797. The van der Waals surface area contributed by atoms with Crippen molar-refractivity contribution in [2.45, 2.75) is 72.0 Å². The van der Waals surface area contributed by atoms with Crippen LogP contribution in [0.3, 0.4) is 0 Å². The Kier molecular flexibility index (Phi) is 12.9. The highest BCUT2D eigenvalue weighted by Crippen LogP contribution is 2.27. The molecule has 0 aliphatic heterocycles. The van der Waals surface area contributed by atoms with Gasteiger partial charge in [0.25, 0.3) is 0 Å². The minimum absolute atomic E-state index is 0.192. The first-order chi connectivity index (χ1) is 22.2. The van der Waals surface area contributed by atoms with Gasteiger partial charge in [0.05, 0.1) is 46.0 Å². The van der Waals surface area contributed by atoms with Gasteiger partial charge in [-0.25, -0.2) is 16.8 Å². The first kappa shape index (κ1) is 34.8. The molecule has 246 valence electrons. The van der Waals surface area contributed by atoms with Crippen molar-refractivity contribution in [3.63, 3.8) is 0 Å². The number of hydrogen-bond acceptors (Lipinski definition) is 8. The smallest absolute Gasteiger partial charge is 0.206 e. The number of rotatable bonds is 19. The molecular weight excluding hydrogens is 625 g/mol. The Morgan fingerprint density at radius 3 is 0.804 bits per heavy atom. The second kappa shape index (κ2) is 17.1. The Hall–Kier alpha value is -4.02. The average molecular weight is 667 g/mol. The quantitative estimate of drug-likeness (QED) is 0.0929. The highest BCUT2D eigenvalue weighted by molar-refractivity contribution is 7.91. The second-order valence-corrected chi connectivity index (χ2v) is 14.6. The van der Waals surface area contributed by atoms with Gasteiger partial charge in [0.15, 0.2) is 0 Å². The topological polar surface area (TPSA) is 105 Å². The lowest BCUT2D eigenvalue weighted by molar-refractivity contribution is 0.266. The van der Waals surface area contributed by atoms with Crippen molar-refractivity contribution in [2.24, 2.45) is 0 Å². The highest BCUT2D eigenvalue weighted by atomic mass is 32.2. The largest absolute Gasteiger partial charge is 0.494 e. The zero-order valence-electron chi connectivity index (χ0n) is 26.4. The molecule has 0 amide bonds. The molecule has 0 radical (unpaired) electrons. The normalized spacial score (nSPS) is 11.6. The third-order valence-electron chi connectivity index (χ3n) is 7.15. The van der Waals surface area contributed by atoms with E-state index in [1.54, 1.807) is 97.1 Å². The lowest BCUT2D eigenvalue weighted by Crippen LogP contribution is -2.05. The molecule has 46 heavy (non-hydrogen) atoms. The van der Waals surface area contributed by atoms with Gasteiger partial charge in [0.1, 0.15) is 23.0 Å². The van der Waals surface area contributed by atoms with Gasteiger partial charge in [0, 0.05) is 0 Å². The van der Waals surface area contributed by atoms with Crippen molar-refractivity contribution >= 4 is 19.7 Å². The molecule has 0 fully saturated rings. The molecule has 4 rings (SSSR count). The van der Waals surface area contributed by atoms with Crippen molar-refractivity contribution in [2.75, 3.05) is 26.4 Å². The fourth-order valence-electron chi connectivity index (χ4n) is 4.39. The molecule has 0 atom stereocenters. The monoisotopic (exact) mass is 666 g/mol. The van der Waals surface area contributed by atoms with Crippen molar-refractivity contribution in [1.29, 1.82) is 0 Å². The van der Waals surface area contributed by atoms with Crippen LogP contribution in [0.4, 0.5) is 0 Å². The van der Waals surface area contributed by atoms with Crippen LogP contribution in [0.5, 0.6) is 23.0 Å². The van der Waals surface area contributed by atoms with Crippen LogP contribution in [-0.2, 0) is 19.7 Å². The third kappa shape index (κ3) is 9.74. The van der Waals surface area contributed by atoms with Gasteiger partial charge in [0.2, 0.25) is 19.7 Å². The molecule has 0 unspecified atom stereocenters. The van der Waals surface area contributed by atoms with Crippen LogP contribution in [0.15, 0.2) is 117 Å². The summed E-state index contributed by atoms with van der Waals surface area (Å²) < 4.78 is 74.9. The van der Waals surface area contributed by atoms with E-state index in [9.17, 15) is 16.8 Å². The predicted octanol–water partition coefficient (Wildman–Crippen LogP) is 7.95. The second-order valence-electron chi connectivity index (χ2n) is 10.7. The number of sulfone groups is 2. The highest BCUT2D eigenvalue weighted by Gasteiger charge is 2.19. The molecule has 4 aromatic carbocycles. The Balaban J connectivity index is 1.18. The SMILES string of the molecule is CCCCOc1ccc(S(=O)(=O)c2ccc(OCCCCOc3ccc(S(=O)(=O)c4ccc(OCCCC)cc4)cc3)cc2)cc1. The van der Waals surface area contributed by atoms with Gasteiger partial charge in [-0.3, -0.25) is 0 Å². The van der Waals surface area contributed by atoms with Gasteiger partial charge in [-0.2, -0.15) is 0 Å². The van der Waals surface area contributed by atoms with Crippen LogP contribution in [0.2, 0.25) is 0 Å². The molecule has 0 bridgehead atoms. The fraction of sp³-hybridized carbons (Fsp3) is 0.333. The van der Waals surface area contributed by atoms with Crippen molar-refractivity contribution in [3.05, 3.63) is 97.1 Å². The molecule has 0 saturated heterocycles. The number of unbranched alkanes of at least 4 members (excludes halogenated alkanes) is 3. The van der Waals surface area contributed by atoms with E-state index in [0.29, 0.717) is 49.4 Å². The van der Waals surface area contributed by atoms with Crippen LogP contribution >= 0.6 is 0 Å². The van der Waals surface area contributed by atoms with Gasteiger partial charge in [-0.1, -0.05) is 26.7 Å². The molecule has 10 heteroatoms. The Morgan fingerprint density at radius 1 is 0.370 bits per heavy atom. The average Bonchev–Trinajstić information content (AvgIpc) is 3.07. The van der Waals surface area contributed by atoms with E-state index in [1.807, 2.05) is 0 Å².